The van der Waals surface area contributed by atoms with Gasteiger partial charge in [-0.25, -0.2) is 9.67 Å². The standard InChI is InChI=1S/C18H16F2N4OS/c19-18(20)26-16-7-5-15(6-8-16)17(25)22-9-13-1-3-14(4-2-13)10-24-12-21-11-23-24/h1-8,11-12,18H,9-10H2,(H,22,25). The summed E-state index contributed by atoms with van der Waals surface area (Å²) >= 11 is 0.456. The van der Waals surface area contributed by atoms with Crippen molar-refractivity contribution in [1.82, 2.24) is 20.1 Å². The van der Waals surface area contributed by atoms with Crippen LogP contribution in [0.4, 0.5) is 8.78 Å². The van der Waals surface area contributed by atoms with E-state index >= 15 is 0 Å². The summed E-state index contributed by atoms with van der Waals surface area (Å²) in [7, 11) is 0. The van der Waals surface area contributed by atoms with E-state index in [1.54, 1.807) is 23.1 Å². The number of amides is 1. The lowest BCUT2D eigenvalue weighted by Crippen LogP contribution is -2.22. The summed E-state index contributed by atoms with van der Waals surface area (Å²) in [5, 5.41) is 6.87. The van der Waals surface area contributed by atoms with Crippen molar-refractivity contribution >= 4 is 17.7 Å². The van der Waals surface area contributed by atoms with E-state index in [4.69, 9.17) is 0 Å². The molecule has 1 aromatic heterocycles. The molecule has 0 saturated carbocycles. The van der Waals surface area contributed by atoms with Crippen molar-refractivity contribution in [3.05, 3.63) is 77.9 Å². The number of hydrogen-bond acceptors (Lipinski definition) is 4. The predicted octanol–water partition coefficient (Wildman–Crippen LogP) is 3.57. The van der Waals surface area contributed by atoms with Crippen molar-refractivity contribution in [3.63, 3.8) is 0 Å². The van der Waals surface area contributed by atoms with Gasteiger partial charge in [-0.2, -0.15) is 13.9 Å². The van der Waals surface area contributed by atoms with Crippen molar-refractivity contribution in [3.8, 4) is 0 Å². The number of carbonyl (C=O) groups is 1. The van der Waals surface area contributed by atoms with Crippen molar-refractivity contribution < 1.29 is 13.6 Å². The molecular formula is C18H16F2N4OS. The zero-order chi connectivity index (χ0) is 18.4. The van der Waals surface area contributed by atoms with Crippen LogP contribution in [-0.2, 0) is 13.1 Å². The number of benzene rings is 2. The molecule has 0 unspecified atom stereocenters. The van der Waals surface area contributed by atoms with Gasteiger partial charge in [0.15, 0.2) is 0 Å². The molecular weight excluding hydrogens is 358 g/mol. The van der Waals surface area contributed by atoms with E-state index in [0.717, 1.165) is 11.1 Å². The Kier molecular flexibility index (Phi) is 5.96. The van der Waals surface area contributed by atoms with Crippen LogP contribution >= 0.6 is 11.8 Å². The maximum atomic E-state index is 12.3. The Morgan fingerprint density at radius 1 is 1.08 bits per heavy atom. The lowest BCUT2D eigenvalue weighted by molar-refractivity contribution is 0.0951. The minimum Gasteiger partial charge on any atom is -0.348 e. The summed E-state index contributed by atoms with van der Waals surface area (Å²) in [6, 6.07) is 13.9. The molecule has 5 nitrogen and oxygen atoms in total. The number of carbonyl (C=O) groups excluding carboxylic acids is 1. The first-order valence-corrected chi connectivity index (χ1v) is 8.71. The summed E-state index contributed by atoms with van der Waals surface area (Å²) in [5.41, 5.74) is 2.48. The van der Waals surface area contributed by atoms with Crippen molar-refractivity contribution in [2.45, 2.75) is 23.7 Å². The molecule has 0 aliphatic rings. The quantitative estimate of drug-likeness (QED) is 0.643. The van der Waals surface area contributed by atoms with Gasteiger partial charge in [0.2, 0.25) is 0 Å². The molecule has 0 aliphatic heterocycles. The third-order valence-electron chi connectivity index (χ3n) is 3.63. The smallest absolute Gasteiger partial charge is 0.288 e. The molecule has 0 radical (unpaired) electrons. The fourth-order valence-corrected chi connectivity index (χ4v) is 2.84. The maximum Gasteiger partial charge on any atom is 0.288 e. The molecule has 0 aliphatic carbocycles. The average Bonchev–Trinajstić information content (AvgIpc) is 3.14. The Bertz CT molecular complexity index is 837. The highest BCUT2D eigenvalue weighted by Gasteiger charge is 2.08. The highest BCUT2D eigenvalue weighted by molar-refractivity contribution is 7.99. The molecule has 26 heavy (non-hydrogen) atoms. The Hall–Kier alpha value is -2.74. The van der Waals surface area contributed by atoms with E-state index in [9.17, 15) is 13.6 Å². The lowest BCUT2D eigenvalue weighted by atomic mass is 10.1. The molecule has 3 rings (SSSR count). The van der Waals surface area contributed by atoms with Crippen LogP contribution in [0, 0.1) is 0 Å². The molecule has 0 fully saturated rings. The van der Waals surface area contributed by atoms with Crippen LogP contribution in [0.3, 0.4) is 0 Å². The SMILES string of the molecule is O=C(NCc1ccc(Cn2cncn2)cc1)c1ccc(SC(F)F)cc1. The maximum absolute atomic E-state index is 12.3. The van der Waals surface area contributed by atoms with E-state index < -0.39 is 5.76 Å². The third-order valence-corrected chi connectivity index (χ3v) is 4.35. The summed E-state index contributed by atoms with van der Waals surface area (Å²) in [4.78, 5) is 16.5. The Morgan fingerprint density at radius 2 is 1.77 bits per heavy atom. The number of hydrogen-bond donors (Lipinski definition) is 1. The Balaban J connectivity index is 1.52. The fraction of sp³-hybridized carbons (Fsp3) is 0.167. The van der Waals surface area contributed by atoms with Gasteiger partial charge < -0.3 is 5.32 Å². The molecule has 134 valence electrons. The molecule has 3 aromatic rings. The zero-order valence-corrected chi connectivity index (χ0v) is 14.5. The first-order valence-electron chi connectivity index (χ1n) is 7.83. The first-order chi connectivity index (χ1) is 12.6. The molecule has 0 saturated heterocycles. The van der Waals surface area contributed by atoms with Crippen LogP contribution in [0.25, 0.3) is 0 Å². The van der Waals surface area contributed by atoms with Crippen molar-refractivity contribution in [1.29, 1.82) is 0 Å². The van der Waals surface area contributed by atoms with E-state index in [1.807, 2.05) is 24.3 Å². The van der Waals surface area contributed by atoms with Gasteiger partial charge in [0.05, 0.1) is 6.54 Å². The second-order valence-corrected chi connectivity index (χ2v) is 6.56. The van der Waals surface area contributed by atoms with Gasteiger partial charge in [-0.05, 0) is 35.4 Å². The van der Waals surface area contributed by atoms with Gasteiger partial charge in [-0.3, -0.25) is 4.79 Å². The largest absolute Gasteiger partial charge is 0.348 e. The lowest BCUT2D eigenvalue weighted by Gasteiger charge is -2.07. The number of thioether (sulfide) groups is 1. The number of nitrogens with one attached hydrogen (secondary N) is 1. The van der Waals surface area contributed by atoms with Crippen molar-refractivity contribution in [2.75, 3.05) is 0 Å². The highest BCUT2D eigenvalue weighted by atomic mass is 32.2. The molecule has 2 aromatic carbocycles. The summed E-state index contributed by atoms with van der Waals surface area (Å²) < 4.78 is 26.3. The summed E-state index contributed by atoms with van der Waals surface area (Å²) in [6.07, 6.45) is 3.14. The first kappa shape index (κ1) is 18.1. The molecule has 0 atom stereocenters. The number of aromatic nitrogens is 3. The van der Waals surface area contributed by atoms with Gasteiger partial charge in [0, 0.05) is 17.0 Å². The van der Waals surface area contributed by atoms with E-state index in [1.165, 1.54) is 18.5 Å². The van der Waals surface area contributed by atoms with Crippen LogP contribution in [-0.4, -0.2) is 26.4 Å². The normalized spacial score (nSPS) is 10.9. The highest BCUT2D eigenvalue weighted by Crippen LogP contribution is 2.25. The minimum atomic E-state index is -2.47. The molecule has 0 bridgehead atoms. The van der Waals surface area contributed by atoms with Gasteiger partial charge in [0.1, 0.15) is 12.7 Å². The van der Waals surface area contributed by atoms with Crippen LogP contribution in [0.2, 0.25) is 0 Å². The minimum absolute atomic E-state index is 0.245. The average molecular weight is 374 g/mol. The second kappa shape index (κ2) is 8.57. The molecule has 1 N–H and O–H groups in total. The Labute approximate surface area is 153 Å². The van der Waals surface area contributed by atoms with Crippen LogP contribution in [0.5, 0.6) is 0 Å². The number of rotatable bonds is 7. The number of nitrogens with zero attached hydrogens (tertiary/aromatic N) is 3. The van der Waals surface area contributed by atoms with E-state index in [2.05, 4.69) is 15.4 Å². The number of halogens is 2. The van der Waals surface area contributed by atoms with Gasteiger partial charge in [-0.1, -0.05) is 36.0 Å². The van der Waals surface area contributed by atoms with Gasteiger partial charge >= 0.3 is 0 Å². The summed E-state index contributed by atoms with van der Waals surface area (Å²) in [5.74, 6) is -2.72. The van der Waals surface area contributed by atoms with E-state index in [-0.39, 0.29) is 5.91 Å². The molecule has 1 amide bonds. The van der Waals surface area contributed by atoms with Crippen LogP contribution in [0.15, 0.2) is 66.1 Å². The van der Waals surface area contributed by atoms with Crippen molar-refractivity contribution in [2.24, 2.45) is 0 Å². The van der Waals surface area contributed by atoms with Gasteiger partial charge in [0.25, 0.3) is 11.7 Å². The third kappa shape index (κ3) is 5.13. The van der Waals surface area contributed by atoms with Crippen LogP contribution in [0.1, 0.15) is 21.5 Å². The van der Waals surface area contributed by atoms with E-state index in [0.29, 0.717) is 35.3 Å². The molecule has 8 heteroatoms. The molecule has 0 spiro atoms. The monoisotopic (exact) mass is 374 g/mol. The molecule has 1 heterocycles. The predicted molar refractivity (Wildman–Crippen MR) is 95.0 cm³/mol. The fourth-order valence-electron chi connectivity index (χ4n) is 2.34. The zero-order valence-electron chi connectivity index (χ0n) is 13.7. The Morgan fingerprint density at radius 3 is 2.38 bits per heavy atom. The number of alkyl halides is 2. The topological polar surface area (TPSA) is 59.8 Å². The summed E-state index contributed by atoms with van der Waals surface area (Å²) in [6.45, 7) is 1.02. The second-order valence-electron chi connectivity index (χ2n) is 5.50. The van der Waals surface area contributed by atoms with Crippen LogP contribution < -0.4 is 5.32 Å². The van der Waals surface area contributed by atoms with Gasteiger partial charge in [-0.15, -0.1) is 0 Å².